The second-order valence-electron chi connectivity index (χ2n) is 4.06. The summed E-state index contributed by atoms with van der Waals surface area (Å²) < 4.78 is 10.1. The van der Waals surface area contributed by atoms with E-state index in [0.29, 0.717) is 31.0 Å². The number of likely N-dealkylation sites (N-methyl/N-ethyl adjacent to an activating group) is 1. The van der Waals surface area contributed by atoms with Gasteiger partial charge < -0.3 is 25.1 Å². The van der Waals surface area contributed by atoms with Crippen molar-refractivity contribution in [1.29, 1.82) is 0 Å². The number of rotatable bonds is 8. The summed E-state index contributed by atoms with van der Waals surface area (Å²) in [6, 6.07) is 1.66. The average molecular weight is 328 g/mol. The molecule has 0 radical (unpaired) electrons. The summed E-state index contributed by atoms with van der Waals surface area (Å²) in [5, 5.41) is 2.82. The van der Waals surface area contributed by atoms with Gasteiger partial charge in [0.15, 0.2) is 0 Å². The van der Waals surface area contributed by atoms with Crippen LogP contribution in [0.2, 0.25) is 0 Å². The number of hydrogen-bond donors (Lipinski definition) is 2. The van der Waals surface area contributed by atoms with Crippen molar-refractivity contribution >= 4 is 30.7 Å². The fourth-order valence-corrected chi connectivity index (χ4v) is 1.43. The van der Waals surface area contributed by atoms with Crippen LogP contribution in [0.15, 0.2) is 16.7 Å². The number of hydrogen-bond acceptors (Lipinski definition) is 5. The van der Waals surface area contributed by atoms with E-state index in [2.05, 4.69) is 10.2 Å². The zero-order valence-electron chi connectivity index (χ0n) is 11.8. The molecule has 0 saturated carbocycles. The predicted molar refractivity (Wildman–Crippen MR) is 82.8 cm³/mol. The van der Waals surface area contributed by atoms with Crippen LogP contribution in [0.4, 0.5) is 0 Å². The lowest BCUT2D eigenvalue weighted by molar-refractivity contribution is 0.0947. The Morgan fingerprint density at radius 1 is 1.45 bits per heavy atom. The average Bonchev–Trinajstić information content (AvgIpc) is 2.85. The highest BCUT2D eigenvalue weighted by Gasteiger charge is 2.09. The quantitative estimate of drug-likeness (QED) is 0.741. The number of nitrogens with one attached hydrogen (secondary N) is 1. The summed E-state index contributed by atoms with van der Waals surface area (Å²) >= 11 is 0. The van der Waals surface area contributed by atoms with Gasteiger partial charge in [0.05, 0.1) is 18.7 Å². The summed E-state index contributed by atoms with van der Waals surface area (Å²) in [5.41, 5.74) is 5.91. The maximum absolute atomic E-state index is 11.7. The molecule has 0 aliphatic rings. The molecule has 0 fully saturated rings. The van der Waals surface area contributed by atoms with Gasteiger partial charge in [-0.3, -0.25) is 4.79 Å². The molecule has 6 nitrogen and oxygen atoms in total. The van der Waals surface area contributed by atoms with Crippen molar-refractivity contribution in [2.24, 2.45) is 5.73 Å². The van der Waals surface area contributed by atoms with Gasteiger partial charge in [0.25, 0.3) is 5.91 Å². The fraction of sp³-hybridized carbons (Fsp3) is 0.583. The normalized spacial score (nSPS) is 9.80. The molecule has 1 aromatic heterocycles. The molecule has 118 valence electrons. The second-order valence-corrected chi connectivity index (χ2v) is 4.06. The molecule has 0 aromatic carbocycles. The van der Waals surface area contributed by atoms with Crippen molar-refractivity contribution in [3.8, 4) is 0 Å². The van der Waals surface area contributed by atoms with E-state index in [1.165, 1.54) is 6.26 Å². The third kappa shape index (κ3) is 7.72. The molecule has 0 atom stereocenters. The number of amides is 1. The fourth-order valence-electron chi connectivity index (χ4n) is 1.43. The van der Waals surface area contributed by atoms with E-state index in [4.69, 9.17) is 14.9 Å². The molecule has 0 saturated heterocycles. The van der Waals surface area contributed by atoms with Crippen molar-refractivity contribution in [2.45, 2.75) is 6.54 Å². The van der Waals surface area contributed by atoms with Gasteiger partial charge in [0.1, 0.15) is 12.0 Å². The Labute approximate surface area is 131 Å². The van der Waals surface area contributed by atoms with E-state index >= 15 is 0 Å². The number of nitrogens with zero attached hydrogens (tertiary/aromatic N) is 1. The van der Waals surface area contributed by atoms with Gasteiger partial charge in [-0.2, -0.15) is 0 Å². The van der Waals surface area contributed by atoms with E-state index in [1.54, 1.807) is 13.2 Å². The summed E-state index contributed by atoms with van der Waals surface area (Å²) in [6.07, 6.45) is 1.42. The topological polar surface area (TPSA) is 80.7 Å². The molecular weight excluding hydrogens is 305 g/mol. The number of furan rings is 1. The predicted octanol–water partition coefficient (Wildman–Crippen LogP) is 0.890. The molecule has 8 heteroatoms. The Balaban J connectivity index is 0. The molecule has 0 aliphatic carbocycles. The Bertz CT molecular complexity index is 375. The minimum Gasteiger partial charge on any atom is -0.467 e. The number of halogens is 2. The highest BCUT2D eigenvalue weighted by atomic mass is 35.5. The van der Waals surface area contributed by atoms with Gasteiger partial charge in [-0.1, -0.05) is 0 Å². The SMILES string of the molecule is COCCN(C)CCNC(=O)c1coc(CN)c1.Cl.Cl. The second kappa shape index (κ2) is 12.0. The van der Waals surface area contributed by atoms with Gasteiger partial charge >= 0.3 is 0 Å². The van der Waals surface area contributed by atoms with Crippen LogP contribution in [0.3, 0.4) is 0 Å². The van der Waals surface area contributed by atoms with Crippen molar-refractivity contribution in [3.05, 3.63) is 23.7 Å². The van der Waals surface area contributed by atoms with E-state index in [9.17, 15) is 4.79 Å². The van der Waals surface area contributed by atoms with Gasteiger partial charge in [-0.15, -0.1) is 24.8 Å². The maximum atomic E-state index is 11.7. The molecule has 1 heterocycles. The molecular formula is C12H23Cl2N3O3. The largest absolute Gasteiger partial charge is 0.467 e. The highest BCUT2D eigenvalue weighted by molar-refractivity contribution is 5.93. The lowest BCUT2D eigenvalue weighted by Gasteiger charge is -2.15. The number of methoxy groups -OCH3 is 1. The standard InChI is InChI=1S/C12H21N3O3.2ClH/c1-15(5-6-17-2)4-3-14-12(16)10-7-11(8-13)18-9-10;;/h7,9H,3-6,8,13H2,1-2H3,(H,14,16);2*1H. The van der Waals surface area contributed by atoms with Gasteiger partial charge in [0.2, 0.25) is 0 Å². The maximum Gasteiger partial charge on any atom is 0.254 e. The van der Waals surface area contributed by atoms with Crippen LogP contribution in [-0.2, 0) is 11.3 Å². The lowest BCUT2D eigenvalue weighted by atomic mass is 10.3. The molecule has 0 spiro atoms. The molecule has 3 N–H and O–H groups in total. The molecule has 20 heavy (non-hydrogen) atoms. The van der Waals surface area contributed by atoms with Crippen molar-refractivity contribution in [1.82, 2.24) is 10.2 Å². The number of nitrogens with two attached hydrogens (primary N) is 1. The van der Waals surface area contributed by atoms with Crippen LogP contribution >= 0.6 is 24.8 Å². The monoisotopic (exact) mass is 327 g/mol. The Kier molecular flexibility index (Phi) is 12.9. The number of carbonyl (C=O) groups excluding carboxylic acids is 1. The third-order valence-electron chi connectivity index (χ3n) is 2.57. The first-order valence-corrected chi connectivity index (χ1v) is 5.90. The Hall–Kier alpha value is -0.790. The summed E-state index contributed by atoms with van der Waals surface area (Å²) in [5.74, 6) is 0.468. The summed E-state index contributed by atoms with van der Waals surface area (Å²) in [7, 11) is 3.65. The van der Waals surface area contributed by atoms with E-state index in [1.807, 2.05) is 7.05 Å². The smallest absolute Gasteiger partial charge is 0.254 e. The first kappa shape index (κ1) is 21.5. The Morgan fingerprint density at radius 3 is 2.70 bits per heavy atom. The first-order valence-electron chi connectivity index (χ1n) is 5.90. The minimum absolute atomic E-state index is 0. The van der Waals surface area contributed by atoms with Crippen LogP contribution in [0, 0.1) is 0 Å². The van der Waals surface area contributed by atoms with Gasteiger partial charge in [-0.25, -0.2) is 0 Å². The van der Waals surface area contributed by atoms with Crippen LogP contribution in [0.1, 0.15) is 16.1 Å². The third-order valence-corrected chi connectivity index (χ3v) is 2.57. The van der Waals surface area contributed by atoms with Gasteiger partial charge in [0, 0.05) is 26.7 Å². The molecule has 1 aromatic rings. The molecule has 1 amide bonds. The first-order chi connectivity index (χ1) is 8.67. The minimum atomic E-state index is -0.140. The lowest BCUT2D eigenvalue weighted by Crippen LogP contribution is -2.34. The van der Waals surface area contributed by atoms with Crippen LogP contribution in [0.25, 0.3) is 0 Å². The zero-order valence-corrected chi connectivity index (χ0v) is 13.4. The molecule has 1 rings (SSSR count). The van der Waals surface area contributed by atoms with Gasteiger partial charge in [-0.05, 0) is 13.1 Å². The van der Waals surface area contributed by atoms with E-state index < -0.39 is 0 Å². The van der Waals surface area contributed by atoms with Crippen LogP contribution < -0.4 is 11.1 Å². The summed E-state index contributed by atoms with van der Waals surface area (Å²) in [4.78, 5) is 13.8. The summed E-state index contributed by atoms with van der Waals surface area (Å²) in [6.45, 7) is 3.19. The van der Waals surface area contributed by atoms with Crippen molar-refractivity contribution < 1.29 is 13.9 Å². The highest BCUT2D eigenvalue weighted by Crippen LogP contribution is 2.06. The zero-order chi connectivity index (χ0) is 13.4. The van der Waals surface area contributed by atoms with E-state index in [-0.39, 0.29) is 30.7 Å². The van der Waals surface area contributed by atoms with Crippen molar-refractivity contribution in [2.75, 3.05) is 40.4 Å². The van der Waals surface area contributed by atoms with Crippen LogP contribution in [-0.4, -0.2) is 51.2 Å². The van der Waals surface area contributed by atoms with Crippen LogP contribution in [0.5, 0.6) is 0 Å². The number of ether oxygens (including phenoxy) is 1. The molecule has 0 bridgehead atoms. The van der Waals surface area contributed by atoms with E-state index in [0.717, 1.165) is 13.1 Å². The molecule has 0 unspecified atom stereocenters. The Morgan fingerprint density at radius 2 is 2.15 bits per heavy atom. The van der Waals surface area contributed by atoms with Crippen molar-refractivity contribution in [3.63, 3.8) is 0 Å². The molecule has 0 aliphatic heterocycles. The number of carbonyl (C=O) groups is 1.